The standard InChI is InChI=1S/C12H20ClN7O2/c1-12(2,3)22-11(21)20-19-9-7(6-14)8(16-5-4-13)17-10(15)18-9/h6,14H,4-5H2,1-3H3,(H,20,21)(H4,15,16,17,18,19). The highest BCUT2D eigenvalue weighted by Crippen LogP contribution is 2.19. The van der Waals surface area contributed by atoms with Gasteiger partial charge in [-0.2, -0.15) is 9.97 Å². The van der Waals surface area contributed by atoms with Crippen molar-refractivity contribution in [1.82, 2.24) is 15.4 Å². The Labute approximate surface area is 133 Å². The first-order chi connectivity index (χ1) is 10.3. The van der Waals surface area contributed by atoms with Gasteiger partial charge in [0, 0.05) is 18.6 Å². The molecule has 0 radical (unpaired) electrons. The summed E-state index contributed by atoms with van der Waals surface area (Å²) in [4.78, 5) is 19.5. The van der Waals surface area contributed by atoms with E-state index in [2.05, 4.69) is 26.1 Å². The molecule has 0 aliphatic carbocycles. The average Bonchev–Trinajstić information content (AvgIpc) is 2.40. The van der Waals surface area contributed by atoms with Crippen LogP contribution in [0, 0.1) is 5.41 Å². The molecule has 1 amide bonds. The fourth-order valence-electron chi connectivity index (χ4n) is 1.43. The number of nitrogen functional groups attached to an aromatic ring is 1. The zero-order chi connectivity index (χ0) is 16.8. The van der Waals surface area contributed by atoms with Crippen molar-refractivity contribution < 1.29 is 9.53 Å². The van der Waals surface area contributed by atoms with Gasteiger partial charge in [-0.15, -0.1) is 11.6 Å². The summed E-state index contributed by atoms with van der Waals surface area (Å²) in [6.07, 6.45) is 0.352. The van der Waals surface area contributed by atoms with E-state index < -0.39 is 11.7 Å². The second kappa shape index (κ2) is 7.64. The maximum Gasteiger partial charge on any atom is 0.426 e. The average molecular weight is 330 g/mol. The molecule has 1 rings (SSSR count). The number of halogens is 1. The number of nitrogens with zero attached hydrogens (tertiary/aromatic N) is 2. The van der Waals surface area contributed by atoms with Crippen molar-refractivity contribution in [3.8, 4) is 0 Å². The van der Waals surface area contributed by atoms with Crippen LogP contribution in [0.4, 0.5) is 22.4 Å². The van der Waals surface area contributed by atoms with E-state index in [1.807, 2.05) is 0 Å². The van der Waals surface area contributed by atoms with Crippen molar-refractivity contribution >= 4 is 41.5 Å². The molecule has 0 unspecified atom stereocenters. The van der Waals surface area contributed by atoms with Gasteiger partial charge < -0.3 is 21.2 Å². The Balaban J connectivity index is 2.87. The van der Waals surface area contributed by atoms with Gasteiger partial charge in [0.15, 0.2) is 5.82 Å². The second-order valence-electron chi connectivity index (χ2n) is 5.20. The summed E-state index contributed by atoms with van der Waals surface area (Å²) < 4.78 is 5.08. The predicted molar refractivity (Wildman–Crippen MR) is 86.5 cm³/mol. The molecule has 0 atom stereocenters. The summed E-state index contributed by atoms with van der Waals surface area (Å²) in [7, 11) is 0. The molecule has 0 saturated carbocycles. The number of carbonyl (C=O) groups excluding carboxylic acids is 1. The number of alkyl halides is 1. The van der Waals surface area contributed by atoms with Crippen molar-refractivity contribution in [2.45, 2.75) is 26.4 Å². The lowest BCUT2D eigenvalue weighted by atomic mass is 10.2. The highest BCUT2D eigenvalue weighted by Gasteiger charge is 2.17. The van der Waals surface area contributed by atoms with Crippen LogP contribution in [0.2, 0.25) is 0 Å². The molecule has 22 heavy (non-hydrogen) atoms. The highest BCUT2D eigenvalue weighted by molar-refractivity contribution is 6.18. The number of hydrogen-bond donors (Lipinski definition) is 5. The minimum atomic E-state index is -0.684. The second-order valence-corrected chi connectivity index (χ2v) is 5.58. The molecule has 9 nitrogen and oxygen atoms in total. The quantitative estimate of drug-likeness (QED) is 0.303. The molecule has 122 valence electrons. The number of rotatable bonds is 6. The number of aromatic nitrogens is 2. The lowest BCUT2D eigenvalue weighted by Gasteiger charge is -2.20. The molecule has 0 aliphatic rings. The first kappa shape index (κ1) is 17.8. The molecule has 6 N–H and O–H groups in total. The Morgan fingerprint density at radius 1 is 1.41 bits per heavy atom. The van der Waals surface area contributed by atoms with Crippen LogP contribution < -0.4 is 21.9 Å². The molecule has 1 heterocycles. The van der Waals surface area contributed by atoms with Gasteiger partial charge in [0.2, 0.25) is 5.95 Å². The lowest BCUT2D eigenvalue weighted by Crippen LogP contribution is -2.36. The highest BCUT2D eigenvalue weighted by atomic mass is 35.5. The van der Waals surface area contributed by atoms with E-state index in [0.717, 1.165) is 6.21 Å². The number of anilines is 3. The fraction of sp³-hybridized carbons (Fsp3) is 0.500. The lowest BCUT2D eigenvalue weighted by molar-refractivity contribution is 0.0541. The van der Waals surface area contributed by atoms with Crippen molar-refractivity contribution in [2.24, 2.45) is 0 Å². The third-order valence-corrected chi connectivity index (χ3v) is 2.37. The van der Waals surface area contributed by atoms with Crippen molar-refractivity contribution in [1.29, 1.82) is 5.41 Å². The van der Waals surface area contributed by atoms with Crippen molar-refractivity contribution in [2.75, 3.05) is 28.9 Å². The maximum atomic E-state index is 11.6. The molecular weight excluding hydrogens is 310 g/mol. The van der Waals surface area contributed by atoms with Gasteiger partial charge in [0.25, 0.3) is 0 Å². The molecule has 1 aromatic rings. The van der Waals surface area contributed by atoms with Crippen LogP contribution in [-0.2, 0) is 4.74 Å². The van der Waals surface area contributed by atoms with Crippen LogP contribution in [-0.4, -0.2) is 40.3 Å². The Kier molecular flexibility index (Phi) is 6.17. The Bertz CT molecular complexity index is 545. The molecule has 1 aromatic heterocycles. The van der Waals surface area contributed by atoms with Gasteiger partial charge in [0.05, 0.1) is 5.56 Å². The molecule has 0 saturated heterocycles. The zero-order valence-corrected chi connectivity index (χ0v) is 13.4. The minimum Gasteiger partial charge on any atom is -0.443 e. The van der Waals surface area contributed by atoms with Crippen LogP contribution in [0.25, 0.3) is 0 Å². The zero-order valence-electron chi connectivity index (χ0n) is 12.7. The monoisotopic (exact) mass is 329 g/mol. The number of carbonyl (C=O) groups is 1. The molecule has 0 bridgehead atoms. The number of hydrazine groups is 1. The summed E-state index contributed by atoms with van der Waals surface area (Å²) in [5.74, 6) is 0.860. The third-order valence-electron chi connectivity index (χ3n) is 2.18. The molecule has 0 aliphatic heterocycles. The molecular formula is C12H20ClN7O2. The van der Waals surface area contributed by atoms with E-state index in [0.29, 0.717) is 23.8 Å². The summed E-state index contributed by atoms with van der Waals surface area (Å²) in [6.45, 7) is 5.67. The molecule has 0 spiro atoms. The molecule has 0 aromatic carbocycles. The summed E-state index contributed by atoms with van der Waals surface area (Å²) >= 11 is 5.61. The van der Waals surface area contributed by atoms with E-state index in [1.165, 1.54) is 0 Å². The number of hydrogen-bond acceptors (Lipinski definition) is 8. The molecule has 0 fully saturated rings. The smallest absolute Gasteiger partial charge is 0.426 e. The fourth-order valence-corrected chi connectivity index (χ4v) is 1.53. The number of amides is 1. The number of nitrogens with two attached hydrogens (primary N) is 1. The van der Waals surface area contributed by atoms with E-state index in [9.17, 15) is 4.79 Å². The van der Waals surface area contributed by atoms with Crippen molar-refractivity contribution in [3.63, 3.8) is 0 Å². The van der Waals surface area contributed by atoms with Crippen LogP contribution in [0.3, 0.4) is 0 Å². The van der Waals surface area contributed by atoms with Crippen molar-refractivity contribution in [3.05, 3.63) is 5.56 Å². The molecule has 10 heteroatoms. The van der Waals surface area contributed by atoms with E-state index in [-0.39, 0.29) is 11.8 Å². The SMILES string of the molecule is CC(C)(C)OC(=O)NNc1nc(N)nc(NCCCl)c1C=N. The number of nitrogens with one attached hydrogen (secondary N) is 4. The summed E-state index contributed by atoms with van der Waals surface area (Å²) in [6, 6.07) is 0. The van der Waals surface area contributed by atoms with E-state index in [4.69, 9.17) is 27.5 Å². The van der Waals surface area contributed by atoms with Gasteiger partial charge in [-0.3, -0.25) is 5.43 Å². The van der Waals surface area contributed by atoms with Gasteiger partial charge in [-0.1, -0.05) is 0 Å². The Morgan fingerprint density at radius 3 is 2.59 bits per heavy atom. The van der Waals surface area contributed by atoms with E-state index >= 15 is 0 Å². The third kappa shape index (κ3) is 5.60. The first-order valence-corrected chi connectivity index (χ1v) is 7.03. The Hall–Kier alpha value is -2.29. The topological polar surface area (TPSA) is 138 Å². The first-order valence-electron chi connectivity index (χ1n) is 6.49. The van der Waals surface area contributed by atoms with Gasteiger partial charge in [-0.05, 0) is 20.8 Å². The van der Waals surface area contributed by atoms with Crippen LogP contribution in [0.15, 0.2) is 0 Å². The maximum absolute atomic E-state index is 11.6. The largest absolute Gasteiger partial charge is 0.443 e. The normalized spacial score (nSPS) is 10.7. The number of ether oxygens (including phenoxy) is 1. The van der Waals surface area contributed by atoms with E-state index in [1.54, 1.807) is 20.8 Å². The van der Waals surface area contributed by atoms with Gasteiger partial charge in [0.1, 0.15) is 11.4 Å². The summed E-state index contributed by atoms with van der Waals surface area (Å²) in [5, 5.41) is 10.4. The van der Waals surface area contributed by atoms with Gasteiger partial charge in [-0.25, -0.2) is 10.2 Å². The van der Waals surface area contributed by atoms with Gasteiger partial charge >= 0.3 is 6.09 Å². The minimum absolute atomic E-state index is 0.0174. The van der Waals surface area contributed by atoms with Crippen LogP contribution in [0.5, 0.6) is 0 Å². The Morgan fingerprint density at radius 2 is 2.05 bits per heavy atom. The summed E-state index contributed by atoms with van der Waals surface area (Å²) in [5.41, 5.74) is 10.2. The predicted octanol–water partition coefficient (Wildman–Crippen LogP) is 1.56. The van der Waals surface area contributed by atoms with Crippen LogP contribution in [0.1, 0.15) is 26.3 Å². The van der Waals surface area contributed by atoms with Crippen LogP contribution >= 0.6 is 11.6 Å².